The molecule has 1 aromatic rings. The van der Waals surface area contributed by atoms with Gasteiger partial charge in [-0.3, -0.25) is 9.88 Å². The Kier molecular flexibility index (Phi) is 6.91. The lowest BCUT2D eigenvalue weighted by Gasteiger charge is -2.28. The van der Waals surface area contributed by atoms with Crippen molar-refractivity contribution in [2.45, 2.75) is 52.7 Å². The summed E-state index contributed by atoms with van der Waals surface area (Å²) in [6.45, 7) is 12.1. The molecule has 0 aliphatic heterocycles. The first kappa shape index (κ1) is 15.1. The van der Waals surface area contributed by atoms with Gasteiger partial charge in [-0.25, -0.2) is 0 Å². The van der Waals surface area contributed by atoms with E-state index in [0.717, 1.165) is 19.6 Å². The molecule has 0 saturated heterocycles. The Balaban J connectivity index is 2.40. The van der Waals surface area contributed by atoms with Crippen molar-refractivity contribution in [2.75, 3.05) is 13.1 Å². The molecule has 1 aromatic heterocycles. The predicted octanol–water partition coefficient (Wildman–Crippen LogP) is 2.68. The van der Waals surface area contributed by atoms with Crippen LogP contribution in [0.5, 0.6) is 0 Å². The van der Waals surface area contributed by atoms with Crippen molar-refractivity contribution in [3.05, 3.63) is 30.1 Å². The minimum atomic E-state index is 0.576. The second-order valence-corrected chi connectivity index (χ2v) is 5.17. The smallest absolute Gasteiger partial charge is 0.0271 e. The lowest BCUT2D eigenvalue weighted by Crippen LogP contribution is -2.36. The average molecular weight is 249 g/mol. The largest absolute Gasteiger partial charge is 0.314 e. The molecule has 3 nitrogen and oxygen atoms in total. The molecule has 0 aliphatic carbocycles. The van der Waals surface area contributed by atoms with Crippen molar-refractivity contribution in [3.63, 3.8) is 0 Å². The van der Waals surface area contributed by atoms with Gasteiger partial charge in [-0.2, -0.15) is 0 Å². The standard InChI is InChI=1S/C15H27N3/c1-5-18(12-15-7-9-16-10-8-15)14(4)6-11-17-13(2)3/h7-10,13-14,17H,5-6,11-12H2,1-4H3. The van der Waals surface area contributed by atoms with Gasteiger partial charge in [0.1, 0.15) is 0 Å². The van der Waals surface area contributed by atoms with Crippen LogP contribution in [0.2, 0.25) is 0 Å². The summed E-state index contributed by atoms with van der Waals surface area (Å²) in [5.74, 6) is 0. The molecule has 1 N–H and O–H groups in total. The molecule has 1 rings (SSSR count). The molecule has 1 atom stereocenters. The first-order valence-corrected chi connectivity index (χ1v) is 6.99. The third kappa shape index (κ3) is 5.61. The summed E-state index contributed by atoms with van der Waals surface area (Å²) in [5.41, 5.74) is 1.34. The molecule has 18 heavy (non-hydrogen) atoms. The van der Waals surface area contributed by atoms with Gasteiger partial charge in [-0.1, -0.05) is 20.8 Å². The van der Waals surface area contributed by atoms with Crippen LogP contribution >= 0.6 is 0 Å². The molecular weight excluding hydrogens is 222 g/mol. The molecule has 1 unspecified atom stereocenters. The van der Waals surface area contributed by atoms with Crippen LogP contribution in [-0.4, -0.2) is 35.1 Å². The summed E-state index contributed by atoms with van der Waals surface area (Å²) in [5, 5.41) is 3.48. The maximum Gasteiger partial charge on any atom is 0.0271 e. The van der Waals surface area contributed by atoms with Gasteiger partial charge in [0.25, 0.3) is 0 Å². The highest BCUT2D eigenvalue weighted by Gasteiger charge is 2.12. The van der Waals surface area contributed by atoms with E-state index in [1.165, 1.54) is 12.0 Å². The third-order valence-electron chi connectivity index (χ3n) is 3.28. The maximum atomic E-state index is 4.06. The Morgan fingerprint density at radius 2 is 1.89 bits per heavy atom. The Morgan fingerprint density at radius 3 is 2.44 bits per heavy atom. The van der Waals surface area contributed by atoms with Crippen LogP contribution < -0.4 is 5.32 Å². The number of aromatic nitrogens is 1. The van der Waals surface area contributed by atoms with Crippen LogP contribution in [0.3, 0.4) is 0 Å². The van der Waals surface area contributed by atoms with E-state index in [1.54, 1.807) is 0 Å². The van der Waals surface area contributed by atoms with Crippen LogP contribution in [0.15, 0.2) is 24.5 Å². The van der Waals surface area contributed by atoms with Crippen molar-refractivity contribution in [3.8, 4) is 0 Å². The Morgan fingerprint density at radius 1 is 1.22 bits per heavy atom. The SMILES string of the molecule is CCN(Cc1ccncc1)C(C)CCNC(C)C. The van der Waals surface area contributed by atoms with E-state index in [1.807, 2.05) is 12.4 Å². The number of rotatable bonds is 8. The first-order chi connectivity index (χ1) is 8.63. The monoisotopic (exact) mass is 249 g/mol. The molecule has 0 aromatic carbocycles. The van der Waals surface area contributed by atoms with E-state index >= 15 is 0 Å². The summed E-state index contributed by atoms with van der Waals surface area (Å²) in [6, 6.07) is 5.38. The topological polar surface area (TPSA) is 28.2 Å². The first-order valence-electron chi connectivity index (χ1n) is 6.99. The van der Waals surface area contributed by atoms with Crippen molar-refractivity contribution >= 4 is 0 Å². The third-order valence-corrected chi connectivity index (χ3v) is 3.28. The number of nitrogens with zero attached hydrogens (tertiary/aromatic N) is 2. The Hall–Kier alpha value is -0.930. The van der Waals surface area contributed by atoms with Gasteiger partial charge in [-0.05, 0) is 44.1 Å². The zero-order chi connectivity index (χ0) is 13.4. The molecule has 0 amide bonds. The Labute approximate surface area is 112 Å². The molecular formula is C15H27N3. The summed E-state index contributed by atoms with van der Waals surface area (Å²) >= 11 is 0. The van der Waals surface area contributed by atoms with Crippen molar-refractivity contribution in [1.82, 2.24) is 15.2 Å². The molecule has 0 spiro atoms. The van der Waals surface area contributed by atoms with E-state index < -0.39 is 0 Å². The number of hydrogen-bond donors (Lipinski definition) is 1. The molecule has 0 bridgehead atoms. The van der Waals surface area contributed by atoms with Gasteiger partial charge in [0, 0.05) is 31.0 Å². The highest BCUT2D eigenvalue weighted by Crippen LogP contribution is 2.09. The van der Waals surface area contributed by atoms with E-state index in [-0.39, 0.29) is 0 Å². The molecule has 1 heterocycles. The van der Waals surface area contributed by atoms with Crippen LogP contribution in [0.25, 0.3) is 0 Å². The molecule has 0 radical (unpaired) electrons. The van der Waals surface area contributed by atoms with E-state index in [4.69, 9.17) is 0 Å². The number of pyridine rings is 1. The van der Waals surface area contributed by atoms with Crippen molar-refractivity contribution < 1.29 is 0 Å². The van der Waals surface area contributed by atoms with Crippen LogP contribution in [0, 0.1) is 0 Å². The lowest BCUT2D eigenvalue weighted by molar-refractivity contribution is 0.199. The minimum absolute atomic E-state index is 0.576. The minimum Gasteiger partial charge on any atom is -0.314 e. The summed E-state index contributed by atoms with van der Waals surface area (Å²) in [4.78, 5) is 6.58. The van der Waals surface area contributed by atoms with Crippen LogP contribution in [-0.2, 0) is 6.54 Å². The van der Waals surface area contributed by atoms with Gasteiger partial charge in [0.2, 0.25) is 0 Å². The molecule has 0 fully saturated rings. The fourth-order valence-electron chi connectivity index (χ4n) is 2.07. The molecule has 0 aliphatic rings. The zero-order valence-corrected chi connectivity index (χ0v) is 12.2. The van der Waals surface area contributed by atoms with Gasteiger partial charge in [0.05, 0.1) is 0 Å². The predicted molar refractivity (Wildman–Crippen MR) is 77.5 cm³/mol. The van der Waals surface area contributed by atoms with E-state index in [9.17, 15) is 0 Å². The normalized spacial score (nSPS) is 13.2. The number of nitrogens with one attached hydrogen (secondary N) is 1. The Bertz CT molecular complexity index is 311. The average Bonchev–Trinajstić information content (AvgIpc) is 2.36. The second-order valence-electron chi connectivity index (χ2n) is 5.17. The molecule has 102 valence electrons. The van der Waals surface area contributed by atoms with Crippen LogP contribution in [0.4, 0.5) is 0 Å². The quantitative estimate of drug-likeness (QED) is 0.768. The highest BCUT2D eigenvalue weighted by molar-refractivity contribution is 5.09. The molecule has 3 heteroatoms. The number of hydrogen-bond acceptors (Lipinski definition) is 3. The molecule has 0 saturated carbocycles. The fourth-order valence-corrected chi connectivity index (χ4v) is 2.07. The second kappa shape index (κ2) is 8.22. The van der Waals surface area contributed by atoms with E-state index in [0.29, 0.717) is 12.1 Å². The van der Waals surface area contributed by atoms with Gasteiger partial charge in [-0.15, -0.1) is 0 Å². The zero-order valence-electron chi connectivity index (χ0n) is 12.2. The van der Waals surface area contributed by atoms with Crippen molar-refractivity contribution in [1.29, 1.82) is 0 Å². The maximum absolute atomic E-state index is 4.06. The lowest BCUT2D eigenvalue weighted by atomic mass is 10.1. The van der Waals surface area contributed by atoms with E-state index in [2.05, 4.69) is 55.0 Å². The fraction of sp³-hybridized carbons (Fsp3) is 0.667. The van der Waals surface area contributed by atoms with Gasteiger partial charge in [0.15, 0.2) is 0 Å². The van der Waals surface area contributed by atoms with Gasteiger partial charge < -0.3 is 5.32 Å². The van der Waals surface area contributed by atoms with Gasteiger partial charge >= 0.3 is 0 Å². The summed E-state index contributed by atoms with van der Waals surface area (Å²) in [6.07, 6.45) is 4.93. The highest BCUT2D eigenvalue weighted by atomic mass is 15.1. The summed E-state index contributed by atoms with van der Waals surface area (Å²) in [7, 11) is 0. The van der Waals surface area contributed by atoms with Crippen LogP contribution in [0.1, 0.15) is 39.7 Å². The van der Waals surface area contributed by atoms with Crippen molar-refractivity contribution in [2.24, 2.45) is 0 Å². The summed E-state index contributed by atoms with van der Waals surface area (Å²) < 4.78 is 0.